The summed E-state index contributed by atoms with van der Waals surface area (Å²) < 4.78 is 0. The quantitative estimate of drug-likeness (QED) is 0.759. The molecule has 0 radical (unpaired) electrons. The van der Waals surface area contributed by atoms with Crippen molar-refractivity contribution in [2.24, 2.45) is 11.5 Å². The van der Waals surface area contributed by atoms with Crippen LogP contribution in [0.1, 0.15) is 13.3 Å². The summed E-state index contributed by atoms with van der Waals surface area (Å²) in [7, 11) is -2.85. The first-order valence-electron chi connectivity index (χ1n) is 7.76. The fraction of sp³-hybridized carbons (Fsp3) is 0.625. The van der Waals surface area contributed by atoms with Gasteiger partial charge in [0.25, 0.3) is 0 Å². The van der Waals surface area contributed by atoms with Crippen molar-refractivity contribution in [1.82, 2.24) is 0 Å². The number of benzene rings is 1. The molecule has 1 aromatic carbocycles. The fourth-order valence-electron chi connectivity index (χ4n) is 3.26. The van der Waals surface area contributed by atoms with Crippen molar-refractivity contribution in [2.45, 2.75) is 57.7 Å². The molecular weight excluding hydrogens is 276 g/mol. The maximum absolute atomic E-state index is 6.08. The van der Waals surface area contributed by atoms with E-state index in [2.05, 4.69) is 57.4 Å². The highest BCUT2D eigenvalue weighted by atomic mass is 28.3. The summed E-state index contributed by atoms with van der Waals surface area (Å²) in [4.78, 5) is 0. The lowest BCUT2D eigenvalue weighted by Crippen LogP contribution is -2.59. The maximum atomic E-state index is 6.08. The zero-order chi connectivity index (χ0) is 15.4. The molecule has 0 aliphatic rings. The third-order valence-electron chi connectivity index (χ3n) is 4.22. The van der Waals surface area contributed by atoms with Crippen molar-refractivity contribution in [3.63, 3.8) is 0 Å². The molecule has 0 bridgehead atoms. The van der Waals surface area contributed by atoms with Crippen LogP contribution in [0.4, 0.5) is 0 Å². The molecule has 1 aromatic rings. The van der Waals surface area contributed by atoms with Crippen LogP contribution >= 0.6 is 0 Å². The van der Waals surface area contributed by atoms with Crippen molar-refractivity contribution < 1.29 is 0 Å². The van der Waals surface area contributed by atoms with Gasteiger partial charge in [-0.2, -0.15) is 0 Å². The van der Waals surface area contributed by atoms with E-state index < -0.39 is 16.1 Å². The Morgan fingerprint density at radius 3 is 1.95 bits per heavy atom. The Morgan fingerprint density at radius 1 is 1.00 bits per heavy atom. The normalized spacial score (nSPS) is 14.3. The molecule has 0 saturated carbocycles. The van der Waals surface area contributed by atoms with Gasteiger partial charge in [-0.05, 0) is 25.1 Å². The minimum absolute atomic E-state index is 0.290. The molecule has 0 aliphatic carbocycles. The molecule has 1 rings (SSSR count). The Morgan fingerprint density at radius 2 is 1.50 bits per heavy atom. The van der Waals surface area contributed by atoms with Gasteiger partial charge in [-0.1, -0.05) is 73.8 Å². The van der Waals surface area contributed by atoms with Gasteiger partial charge in [-0.3, -0.25) is 0 Å². The smallest absolute Gasteiger partial charge is 0.0819 e. The van der Waals surface area contributed by atoms with Gasteiger partial charge in [0.05, 0.1) is 16.1 Å². The van der Waals surface area contributed by atoms with Crippen molar-refractivity contribution in [1.29, 1.82) is 0 Å². The lowest BCUT2D eigenvalue weighted by Gasteiger charge is -2.33. The molecule has 1 atom stereocenters. The van der Waals surface area contributed by atoms with Crippen molar-refractivity contribution in [3.8, 4) is 0 Å². The van der Waals surface area contributed by atoms with Crippen LogP contribution in [-0.4, -0.2) is 28.7 Å². The standard InChI is InChI=1S/C16H32N2Si2/c1-14(18)13-20(4,5)16-10-7-6-9-15(16)19(2,3)12-8-11-17/h6-7,9-10,14H,8,11-13,17-18H2,1-5H3. The van der Waals surface area contributed by atoms with Crippen LogP contribution in [-0.2, 0) is 0 Å². The molecule has 0 heterocycles. The SMILES string of the molecule is CC(N)C[Si](C)(C)c1ccccc1[Si](C)(C)CCCN. The first-order chi connectivity index (χ1) is 9.20. The highest BCUT2D eigenvalue weighted by Crippen LogP contribution is 2.16. The molecule has 4 N–H and O–H groups in total. The number of rotatable bonds is 7. The average Bonchev–Trinajstić information content (AvgIpc) is 2.35. The van der Waals surface area contributed by atoms with E-state index in [0.29, 0.717) is 6.04 Å². The second-order valence-electron chi connectivity index (χ2n) is 7.39. The third-order valence-corrected chi connectivity index (χ3v) is 11.5. The summed E-state index contributed by atoms with van der Waals surface area (Å²) in [5.41, 5.74) is 11.8. The Balaban J connectivity index is 3.16. The second kappa shape index (κ2) is 7.03. The van der Waals surface area contributed by atoms with Crippen LogP contribution in [0, 0.1) is 0 Å². The Labute approximate surface area is 127 Å². The van der Waals surface area contributed by atoms with E-state index in [1.165, 1.54) is 6.04 Å². The van der Waals surface area contributed by atoms with E-state index in [9.17, 15) is 0 Å². The van der Waals surface area contributed by atoms with Crippen LogP contribution in [0.25, 0.3) is 0 Å². The second-order valence-corrected chi connectivity index (χ2v) is 16.9. The van der Waals surface area contributed by atoms with Gasteiger partial charge in [0.15, 0.2) is 0 Å². The monoisotopic (exact) mass is 308 g/mol. The zero-order valence-electron chi connectivity index (χ0n) is 13.9. The van der Waals surface area contributed by atoms with Gasteiger partial charge < -0.3 is 11.5 Å². The number of hydrogen-bond acceptors (Lipinski definition) is 2. The van der Waals surface area contributed by atoms with E-state index in [4.69, 9.17) is 11.5 Å². The van der Waals surface area contributed by atoms with E-state index in [0.717, 1.165) is 19.0 Å². The molecule has 4 heteroatoms. The summed E-state index contributed by atoms with van der Waals surface area (Å²) in [6, 6.07) is 11.9. The summed E-state index contributed by atoms with van der Waals surface area (Å²) in [6.45, 7) is 12.8. The van der Waals surface area contributed by atoms with Gasteiger partial charge >= 0.3 is 0 Å². The zero-order valence-corrected chi connectivity index (χ0v) is 15.9. The first-order valence-corrected chi connectivity index (χ1v) is 14.2. The van der Waals surface area contributed by atoms with Gasteiger partial charge in [-0.15, -0.1) is 0 Å². The summed E-state index contributed by atoms with van der Waals surface area (Å²) in [5.74, 6) is 0. The Kier molecular flexibility index (Phi) is 6.19. The molecule has 0 spiro atoms. The molecular formula is C16H32N2Si2. The van der Waals surface area contributed by atoms with Crippen LogP contribution in [0.5, 0.6) is 0 Å². The topological polar surface area (TPSA) is 52.0 Å². The lowest BCUT2D eigenvalue weighted by molar-refractivity contribution is 0.818. The Hall–Kier alpha value is -0.426. The fourth-order valence-corrected chi connectivity index (χ4v) is 11.2. The van der Waals surface area contributed by atoms with Crippen molar-refractivity contribution in [2.75, 3.05) is 6.54 Å². The number of nitrogens with two attached hydrogens (primary N) is 2. The van der Waals surface area contributed by atoms with Crippen LogP contribution in [0.2, 0.25) is 38.3 Å². The lowest BCUT2D eigenvalue weighted by atomic mass is 10.4. The maximum Gasteiger partial charge on any atom is 0.0819 e. The van der Waals surface area contributed by atoms with Crippen molar-refractivity contribution >= 4 is 26.5 Å². The van der Waals surface area contributed by atoms with Gasteiger partial charge in [0.2, 0.25) is 0 Å². The van der Waals surface area contributed by atoms with E-state index in [1.54, 1.807) is 10.4 Å². The molecule has 0 fully saturated rings. The summed E-state index contributed by atoms with van der Waals surface area (Å²) >= 11 is 0. The molecule has 0 amide bonds. The van der Waals surface area contributed by atoms with Crippen LogP contribution < -0.4 is 21.8 Å². The van der Waals surface area contributed by atoms with Crippen LogP contribution in [0.15, 0.2) is 24.3 Å². The third kappa shape index (κ3) is 4.55. The summed E-state index contributed by atoms with van der Waals surface area (Å²) in [5, 5.41) is 3.27. The predicted molar refractivity (Wildman–Crippen MR) is 97.6 cm³/mol. The van der Waals surface area contributed by atoms with E-state index in [1.807, 2.05) is 0 Å². The minimum Gasteiger partial charge on any atom is -0.330 e. The van der Waals surface area contributed by atoms with Gasteiger partial charge in [0.1, 0.15) is 0 Å². The highest BCUT2D eigenvalue weighted by Gasteiger charge is 2.33. The van der Waals surface area contributed by atoms with Gasteiger partial charge in [0, 0.05) is 0 Å². The predicted octanol–water partition coefficient (Wildman–Crippen LogP) is 2.21. The summed E-state index contributed by atoms with van der Waals surface area (Å²) in [6.07, 6.45) is 1.14. The molecule has 1 unspecified atom stereocenters. The number of hydrogen-bond donors (Lipinski definition) is 2. The Bertz CT molecular complexity index is 428. The molecule has 0 saturated heterocycles. The molecule has 0 aliphatic heterocycles. The van der Waals surface area contributed by atoms with E-state index in [-0.39, 0.29) is 0 Å². The molecule has 114 valence electrons. The molecule has 20 heavy (non-hydrogen) atoms. The highest BCUT2D eigenvalue weighted by molar-refractivity contribution is 6.99. The minimum atomic E-state index is -1.46. The molecule has 0 aromatic heterocycles. The van der Waals surface area contributed by atoms with Crippen LogP contribution in [0.3, 0.4) is 0 Å². The van der Waals surface area contributed by atoms with Gasteiger partial charge in [-0.25, -0.2) is 0 Å². The average molecular weight is 309 g/mol. The van der Waals surface area contributed by atoms with Crippen molar-refractivity contribution in [3.05, 3.63) is 24.3 Å². The van der Waals surface area contributed by atoms with E-state index >= 15 is 0 Å². The largest absolute Gasteiger partial charge is 0.330 e. The molecule has 2 nitrogen and oxygen atoms in total. The first kappa shape index (κ1) is 17.6.